The number of halogens is 1. The molecular weight excluding hydrogens is 430 g/mol. The van der Waals surface area contributed by atoms with Crippen LogP contribution in [0.2, 0.25) is 5.02 Å². The maximum atomic E-state index is 12.7. The molecule has 0 unspecified atom stereocenters. The third kappa shape index (κ3) is 7.75. The van der Waals surface area contributed by atoms with E-state index in [1.54, 1.807) is 41.9 Å². The quantitative estimate of drug-likeness (QED) is 0.236. The van der Waals surface area contributed by atoms with Crippen LogP contribution in [0.3, 0.4) is 0 Å². The van der Waals surface area contributed by atoms with Crippen LogP contribution in [0.4, 0.5) is 5.69 Å². The third-order valence-electron chi connectivity index (χ3n) is 4.28. The summed E-state index contributed by atoms with van der Waals surface area (Å²) in [5.41, 5.74) is 2.11. The van der Waals surface area contributed by atoms with Crippen LogP contribution in [0, 0.1) is 0 Å². The van der Waals surface area contributed by atoms with Gasteiger partial charge in [-0.05, 0) is 43.2 Å². The van der Waals surface area contributed by atoms with Crippen LogP contribution in [-0.4, -0.2) is 31.5 Å². The molecule has 1 atom stereocenters. The molecule has 0 aliphatic carbocycles. The smallest absolute Gasteiger partial charge is 0.243 e. The Labute approximate surface area is 180 Å². The molecule has 0 aromatic heterocycles. The molecule has 30 heavy (non-hydrogen) atoms. The van der Waals surface area contributed by atoms with E-state index in [1.165, 1.54) is 18.2 Å². The Morgan fingerprint density at radius 3 is 2.40 bits per heavy atom. The summed E-state index contributed by atoms with van der Waals surface area (Å²) in [4.78, 5) is 23.8. The molecule has 0 bridgehead atoms. The number of amides is 2. The van der Waals surface area contributed by atoms with Gasteiger partial charge in [0, 0.05) is 17.1 Å². The summed E-state index contributed by atoms with van der Waals surface area (Å²) in [5.74, 6) is -0.977. The van der Waals surface area contributed by atoms with E-state index in [0.29, 0.717) is 24.9 Å². The predicted molar refractivity (Wildman–Crippen MR) is 114 cm³/mol. The minimum atomic E-state index is -3.97. The highest BCUT2D eigenvalue weighted by Crippen LogP contribution is 2.17. The molecule has 0 saturated carbocycles. The Hall–Kier alpha value is -2.46. The van der Waals surface area contributed by atoms with Crippen LogP contribution in [-0.2, 0) is 19.6 Å². The van der Waals surface area contributed by atoms with E-state index in [4.69, 9.17) is 16.8 Å². The summed E-state index contributed by atoms with van der Waals surface area (Å²) in [6.45, 7) is 0. The largest absolute Gasteiger partial charge is 0.325 e. The summed E-state index contributed by atoms with van der Waals surface area (Å²) in [5, 5.41) is 11.5. The van der Waals surface area contributed by atoms with Gasteiger partial charge in [-0.15, -0.1) is 0 Å². The number of unbranched alkanes of at least 4 members (excludes halogenated alkanes) is 2. The van der Waals surface area contributed by atoms with Gasteiger partial charge in [-0.3, -0.25) is 14.8 Å². The lowest BCUT2D eigenvalue weighted by Crippen LogP contribution is -2.43. The highest BCUT2D eigenvalue weighted by Gasteiger charge is 2.25. The maximum Gasteiger partial charge on any atom is 0.243 e. The molecule has 2 aromatic rings. The number of carbonyl (C=O) groups excluding carboxylic acids is 2. The van der Waals surface area contributed by atoms with Crippen molar-refractivity contribution in [3.8, 4) is 0 Å². The molecule has 0 heterocycles. The van der Waals surface area contributed by atoms with Gasteiger partial charge in [0.15, 0.2) is 0 Å². The van der Waals surface area contributed by atoms with E-state index in [-0.39, 0.29) is 22.8 Å². The van der Waals surface area contributed by atoms with Crippen molar-refractivity contribution in [1.29, 1.82) is 0 Å². The van der Waals surface area contributed by atoms with Gasteiger partial charge in [-0.1, -0.05) is 48.7 Å². The number of carbonyl (C=O) groups is 2. The molecule has 0 saturated heterocycles. The van der Waals surface area contributed by atoms with E-state index in [0.717, 1.165) is 0 Å². The molecule has 0 radical (unpaired) electrons. The second-order valence-corrected chi connectivity index (χ2v) is 8.77. The van der Waals surface area contributed by atoms with Gasteiger partial charge in [0.25, 0.3) is 0 Å². The Morgan fingerprint density at radius 2 is 1.73 bits per heavy atom. The first-order valence-electron chi connectivity index (χ1n) is 9.38. The Morgan fingerprint density at radius 1 is 1.00 bits per heavy atom. The number of hydroxylamine groups is 1. The number of hydrogen-bond donors (Lipinski definition) is 4. The number of nitrogens with one attached hydrogen (secondary N) is 3. The number of benzene rings is 2. The molecule has 0 spiro atoms. The van der Waals surface area contributed by atoms with Crippen LogP contribution in [0.25, 0.3) is 0 Å². The SMILES string of the molecule is O=C(CCCCC[C@H](NS(=O)(=O)c1cccc(Cl)c1)C(=O)Nc1ccccc1)NO. The van der Waals surface area contributed by atoms with Crippen molar-refractivity contribution in [1.82, 2.24) is 10.2 Å². The highest BCUT2D eigenvalue weighted by atomic mass is 35.5. The van der Waals surface area contributed by atoms with Gasteiger partial charge in [-0.2, -0.15) is 4.72 Å². The molecule has 8 nitrogen and oxygen atoms in total. The van der Waals surface area contributed by atoms with Crippen molar-refractivity contribution in [2.24, 2.45) is 0 Å². The van der Waals surface area contributed by atoms with E-state index < -0.39 is 27.9 Å². The Balaban J connectivity index is 2.07. The molecule has 0 fully saturated rings. The number of sulfonamides is 1. The molecule has 2 aromatic carbocycles. The minimum absolute atomic E-state index is 0.0351. The van der Waals surface area contributed by atoms with Crippen molar-refractivity contribution < 1.29 is 23.2 Å². The molecule has 0 aliphatic heterocycles. The van der Waals surface area contributed by atoms with Gasteiger partial charge in [0.05, 0.1) is 4.90 Å². The Kier molecular flexibility index (Phi) is 9.25. The molecule has 4 N–H and O–H groups in total. The summed E-state index contributed by atoms with van der Waals surface area (Å²) >= 11 is 5.89. The van der Waals surface area contributed by atoms with Crippen LogP contribution in [0.5, 0.6) is 0 Å². The monoisotopic (exact) mass is 453 g/mol. The topological polar surface area (TPSA) is 125 Å². The van der Waals surface area contributed by atoms with Gasteiger partial charge in [0.2, 0.25) is 21.8 Å². The van der Waals surface area contributed by atoms with Crippen molar-refractivity contribution in [3.63, 3.8) is 0 Å². The molecule has 0 aliphatic rings. The summed E-state index contributed by atoms with van der Waals surface area (Å²) in [7, 11) is -3.97. The van der Waals surface area contributed by atoms with E-state index in [9.17, 15) is 18.0 Å². The van der Waals surface area contributed by atoms with Crippen molar-refractivity contribution >= 4 is 39.1 Å². The van der Waals surface area contributed by atoms with Crippen molar-refractivity contribution in [2.75, 3.05) is 5.32 Å². The van der Waals surface area contributed by atoms with Gasteiger partial charge < -0.3 is 5.32 Å². The van der Waals surface area contributed by atoms with Crippen molar-refractivity contribution in [2.45, 2.75) is 43.0 Å². The Bertz CT molecular complexity index is 954. The minimum Gasteiger partial charge on any atom is -0.325 e. The van der Waals surface area contributed by atoms with Crippen LogP contribution in [0.15, 0.2) is 59.5 Å². The lowest BCUT2D eigenvalue weighted by Gasteiger charge is -2.19. The number of rotatable bonds is 11. The zero-order valence-electron chi connectivity index (χ0n) is 16.2. The average molecular weight is 454 g/mol. The third-order valence-corrected chi connectivity index (χ3v) is 5.99. The molecule has 10 heteroatoms. The standard InChI is InChI=1S/C20H24ClN3O5S/c21-15-8-7-11-17(14-15)30(28,29)24-18(12-5-2-6-13-19(25)23-27)20(26)22-16-9-3-1-4-10-16/h1,3-4,7-11,14,18,24,27H,2,5-6,12-13H2,(H,22,26)(H,23,25)/t18-/m0/s1. The number of hydrogen-bond acceptors (Lipinski definition) is 5. The summed E-state index contributed by atoms with van der Waals surface area (Å²) in [6, 6.07) is 13.5. The van der Waals surface area contributed by atoms with E-state index in [1.807, 2.05) is 0 Å². The maximum absolute atomic E-state index is 12.7. The summed E-state index contributed by atoms with van der Waals surface area (Å²) in [6.07, 6.45) is 1.97. The van der Waals surface area contributed by atoms with Crippen LogP contribution < -0.4 is 15.5 Å². The first-order chi connectivity index (χ1) is 14.3. The van der Waals surface area contributed by atoms with E-state index in [2.05, 4.69) is 10.0 Å². The lowest BCUT2D eigenvalue weighted by molar-refractivity contribution is -0.129. The lowest BCUT2D eigenvalue weighted by atomic mass is 10.1. The normalized spacial score (nSPS) is 12.2. The molecule has 162 valence electrons. The van der Waals surface area contributed by atoms with Crippen molar-refractivity contribution in [3.05, 3.63) is 59.6 Å². The summed E-state index contributed by atoms with van der Waals surface area (Å²) < 4.78 is 27.9. The van der Waals surface area contributed by atoms with Crippen LogP contribution in [0.1, 0.15) is 32.1 Å². The van der Waals surface area contributed by atoms with Gasteiger partial charge >= 0.3 is 0 Å². The van der Waals surface area contributed by atoms with Gasteiger partial charge in [-0.25, -0.2) is 13.9 Å². The average Bonchev–Trinajstić information content (AvgIpc) is 2.73. The predicted octanol–water partition coefficient (Wildman–Crippen LogP) is 3.08. The van der Waals surface area contributed by atoms with Crippen LogP contribution >= 0.6 is 11.6 Å². The van der Waals surface area contributed by atoms with E-state index >= 15 is 0 Å². The first kappa shape index (κ1) is 23.8. The molecule has 2 rings (SSSR count). The fourth-order valence-electron chi connectivity index (χ4n) is 2.75. The zero-order chi connectivity index (χ0) is 22.0. The second-order valence-electron chi connectivity index (χ2n) is 6.62. The fraction of sp³-hybridized carbons (Fsp3) is 0.300. The molecule has 2 amide bonds. The fourth-order valence-corrected chi connectivity index (χ4v) is 4.28. The number of anilines is 1. The second kappa shape index (κ2) is 11.7. The first-order valence-corrected chi connectivity index (χ1v) is 11.2. The number of para-hydroxylation sites is 1. The molecular formula is C20H24ClN3O5S. The van der Waals surface area contributed by atoms with Gasteiger partial charge in [0.1, 0.15) is 6.04 Å². The highest BCUT2D eigenvalue weighted by molar-refractivity contribution is 7.89. The zero-order valence-corrected chi connectivity index (χ0v) is 17.7.